The van der Waals surface area contributed by atoms with E-state index in [0.717, 1.165) is 49.2 Å². The second-order valence-electron chi connectivity index (χ2n) is 10.6. The van der Waals surface area contributed by atoms with E-state index in [-0.39, 0.29) is 16.7 Å². The van der Waals surface area contributed by atoms with Gasteiger partial charge in [0.25, 0.3) is 5.91 Å². The van der Waals surface area contributed by atoms with Gasteiger partial charge in [-0.15, -0.1) is 0 Å². The quantitative estimate of drug-likeness (QED) is 0.547. The first kappa shape index (κ1) is 29.8. The number of hydrogen-bond donors (Lipinski definition) is 2. The molecule has 0 bridgehead atoms. The van der Waals surface area contributed by atoms with Crippen molar-refractivity contribution in [3.63, 3.8) is 0 Å². The van der Waals surface area contributed by atoms with E-state index in [1.165, 1.54) is 25.0 Å². The van der Waals surface area contributed by atoms with Crippen LogP contribution in [0.3, 0.4) is 0 Å². The van der Waals surface area contributed by atoms with E-state index >= 15 is 0 Å². The lowest BCUT2D eigenvalue weighted by Crippen LogP contribution is -2.34. The molecule has 2 aromatic carbocycles. The zero-order valence-corrected chi connectivity index (χ0v) is 23.7. The van der Waals surface area contributed by atoms with E-state index in [0.29, 0.717) is 37.5 Å². The third-order valence-corrected chi connectivity index (χ3v) is 7.77. The zero-order valence-electron chi connectivity index (χ0n) is 22.9. The van der Waals surface area contributed by atoms with Crippen molar-refractivity contribution < 1.29 is 18.0 Å². The van der Waals surface area contributed by atoms with Crippen LogP contribution in [0.25, 0.3) is 0 Å². The van der Waals surface area contributed by atoms with Crippen molar-refractivity contribution in [1.82, 2.24) is 10.2 Å². The van der Waals surface area contributed by atoms with Crippen molar-refractivity contribution in [2.45, 2.75) is 70.7 Å². The highest BCUT2D eigenvalue weighted by Crippen LogP contribution is 2.26. The van der Waals surface area contributed by atoms with E-state index < -0.39 is 10.0 Å². The van der Waals surface area contributed by atoms with Gasteiger partial charge in [0.15, 0.2) is 0 Å². The minimum absolute atomic E-state index is 0.0179. The number of amides is 2. The van der Waals surface area contributed by atoms with Crippen LogP contribution >= 0.6 is 0 Å². The van der Waals surface area contributed by atoms with Crippen LogP contribution in [-0.4, -0.2) is 51.3 Å². The number of nitrogens with two attached hydrogens (primary N) is 1. The van der Waals surface area contributed by atoms with Crippen molar-refractivity contribution >= 4 is 27.5 Å². The van der Waals surface area contributed by atoms with Crippen LogP contribution in [-0.2, 0) is 27.8 Å². The molecule has 38 heavy (non-hydrogen) atoms. The van der Waals surface area contributed by atoms with Gasteiger partial charge in [-0.25, -0.2) is 13.6 Å². The van der Waals surface area contributed by atoms with Gasteiger partial charge in [0.2, 0.25) is 15.9 Å². The number of primary sulfonamides is 1. The van der Waals surface area contributed by atoms with Crippen molar-refractivity contribution in [2.75, 3.05) is 31.1 Å². The summed E-state index contributed by atoms with van der Waals surface area (Å²) < 4.78 is 22.9. The molecular formula is C29H42N4O4S. The fourth-order valence-corrected chi connectivity index (χ4v) is 5.48. The highest BCUT2D eigenvalue weighted by atomic mass is 32.2. The van der Waals surface area contributed by atoms with Crippen molar-refractivity contribution in [3.05, 3.63) is 59.2 Å². The van der Waals surface area contributed by atoms with Crippen molar-refractivity contribution in [1.29, 1.82) is 0 Å². The molecule has 2 amide bonds. The fraction of sp³-hybridized carbons (Fsp3) is 0.517. The lowest BCUT2D eigenvalue weighted by atomic mass is 10.0. The van der Waals surface area contributed by atoms with E-state index in [2.05, 4.69) is 24.1 Å². The standard InChI is InChI=1S/C29H42N4O4S/c1-22(2)20-32-17-7-5-4-6-8-18-33(23(3)34)28-14-11-25(19-26(28)21-32)29(35)31-16-15-24-9-12-27(13-10-24)38(30,36)37/h9-14,19,22H,4-8,15-18,20-21H2,1-3H3,(H,31,35)(H2,30,36,37). The molecule has 0 saturated heterocycles. The van der Waals surface area contributed by atoms with Gasteiger partial charge < -0.3 is 10.2 Å². The molecule has 1 aliphatic heterocycles. The number of fused-ring (bicyclic) bond motifs is 1. The maximum atomic E-state index is 13.1. The lowest BCUT2D eigenvalue weighted by molar-refractivity contribution is -0.116. The van der Waals surface area contributed by atoms with Gasteiger partial charge in [0.1, 0.15) is 0 Å². The molecule has 0 fully saturated rings. The van der Waals surface area contributed by atoms with Gasteiger partial charge in [-0.1, -0.05) is 45.2 Å². The van der Waals surface area contributed by atoms with Crippen LogP contribution in [0.4, 0.5) is 5.69 Å². The summed E-state index contributed by atoms with van der Waals surface area (Å²) in [6.45, 7) is 9.77. The SMILES string of the molecule is CC(=O)N1CCCCCCCN(CC(C)C)Cc2cc(C(=O)NCCc3ccc(S(N)(=O)=O)cc3)ccc21. The largest absolute Gasteiger partial charge is 0.352 e. The molecule has 1 aliphatic rings. The summed E-state index contributed by atoms with van der Waals surface area (Å²) in [5.74, 6) is 0.356. The third-order valence-electron chi connectivity index (χ3n) is 6.84. The normalized spacial score (nSPS) is 15.9. The summed E-state index contributed by atoms with van der Waals surface area (Å²) >= 11 is 0. The molecular weight excluding hydrogens is 500 g/mol. The van der Waals surface area contributed by atoms with Crippen LogP contribution in [0.5, 0.6) is 0 Å². The highest BCUT2D eigenvalue weighted by Gasteiger charge is 2.20. The number of carbonyl (C=O) groups is 2. The molecule has 0 aliphatic carbocycles. The molecule has 1 heterocycles. The monoisotopic (exact) mass is 542 g/mol. The summed E-state index contributed by atoms with van der Waals surface area (Å²) in [7, 11) is -3.73. The molecule has 3 N–H and O–H groups in total. The predicted octanol–water partition coefficient (Wildman–Crippen LogP) is 4.08. The number of hydrogen-bond acceptors (Lipinski definition) is 5. The first-order valence-electron chi connectivity index (χ1n) is 13.6. The first-order chi connectivity index (χ1) is 18.0. The molecule has 0 unspecified atom stereocenters. The Morgan fingerprint density at radius 3 is 2.26 bits per heavy atom. The molecule has 0 spiro atoms. The van der Waals surface area contributed by atoms with E-state index in [1.54, 1.807) is 25.1 Å². The number of carbonyl (C=O) groups excluding carboxylic acids is 2. The third kappa shape index (κ3) is 8.92. The second-order valence-corrected chi connectivity index (χ2v) is 12.2. The number of anilines is 1. The van der Waals surface area contributed by atoms with E-state index in [4.69, 9.17) is 5.14 Å². The van der Waals surface area contributed by atoms with Crippen LogP contribution in [0.1, 0.15) is 74.4 Å². The molecule has 2 aromatic rings. The predicted molar refractivity (Wildman–Crippen MR) is 152 cm³/mol. The smallest absolute Gasteiger partial charge is 0.251 e. The Morgan fingerprint density at radius 1 is 0.974 bits per heavy atom. The molecule has 0 saturated carbocycles. The number of nitrogens with one attached hydrogen (secondary N) is 1. The molecule has 9 heteroatoms. The van der Waals surface area contributed by atoms with Crippen LogP contribution in [0, 0.1) is 5.92 Å². The van der Waals surface area contributed by atoms with E-state index in [9.17, 15) is 18.0 Å². The molecule has 0 radical (unpaired) electrons. The minimum atomic E-state index is -3.73. The van der Waals surface area contributed by atoms with Crippen LogP contribution < -0.4 is 15.4 Å². The number of nitrogens with zero attached hydrogens (tertiary/aromatic N) is 2. The van der Waals surface area contributed by atoms with Crippen molar-refractivity contribution in [3.8, 4) is 0 Å². The maximum absolute atomic E-state index is 13.1. The summed E-state index contributed by atoms with van der Waals surface area (Å²) in [5.41, 5.74) is 3.34. The summed E-state index contributed by atoms with van der Waals surface area (Å²) in [6.07, 6.45) is 6.15. The van der Waals surface area contributed by atoms with Gasteiger partial charge in [-0.05, 0) is 73.2 Å². The average Bonchev–Trinajstić information content (AvgIpc) is 2.84. The molecule has 3 rings (SSSR count). The molecule has 0 aromatic heterocycles. The van der Waals surface area contributed by atoms with Crippen LogP contribution in [0.2, 0.25) is 0 Å². The fourth-order valence-electron chi connectivity index (χ4n) is 4.96. The number of benzene rings is 2. The number of sulfonamides is 1. The van der Waals surface area contributed by atoms with Gasteiger partial charge in [-0.2, -0.15) is 0 Å². The number of rotatable bonds is 7. The lowest BCUT2D eigenvalue weighted by Gasteiger charge is -2.30. The maximum Gasteiger partial charge on any atom is 0.251 e. The summed E-state index contributed by atoms with van der Waals surface area (Å²) in [6, 6.07) is 12.0. The van der Waals surface area contributed by atoms with E-state index in [1.807, 2.05) is 17.0 Å². The Balaban J connectivity index is 1.78. The van der Waals surface area contributed by atoms with Gasteiger partial charge in [0, 0.05) is 44.4 Å². The van der Waals surface area contributed by atoms with Gasteiger partial charge in [0.05, 0.1) is 4.90 Å². The Hall–Kier alpha value is -2.75. The first-order valence-corrected chi connectivity index (χ1v) is 15.1. The molecule has 208 valence electrons. The van der Waals surface area contributed by atoms with Crippen molar-refractivity contribution in [2.24, 2.45) is 11.1 Å². The summed E-state index contributed by atoms with van der Waals surface area (Å²) in [4.78, 5) is 30.0. The zero-order chi connectivity index (χ0) is 27.7. The minimum Gasteiger partial charge on any atom is -0.352 e. The van der Waals surface area contributed by atoms with Gasteiger partial charge >= 0.3 is 0 Å². The second kappa shape index (κ2) is 13.9. The Bertz CT molecular complexity index is 1200. The summed E-state index contributed by atoms with van der Waals surface area (Å²) in [5, 5.41) is 8.13. The molecule has 0 atom stereocenters. The Kier molecular flexibility index (Phi) is 10.9. The average molecular weight is 543 g/mol. The van der Waals surface area contributed by atoms with Gasteiger partial charge in [-0.3, -0.25) is 14.5 Å². The highest BCUT2D eigenvalue weighted by molar-refractivity contribution is 7.89. The Morgan fingerprint density at radius 2 is 1.63 bits per heavy atom. The van der Waals surface area contributed by atoms with Crippen LogP contribution in [0.15, 0.2) is 47.4 Å². The topological polar surface area (TPSA) is 113 Å². The molecule has 8 nitrogen and oxygen atoms in total. The Labute approximate surface area is 227 Å².